The molecule has 0 aliphatic heterocycles. The molecule has 1 unspecified atom stereocenters. The highest BCUT2D eigenvalue weighted by Gasteiger charge is 2.12. The van der Waals surface area contributed by atoms with Gasteiger partial charge < -0.3 is 0 Å². The Balaban J connectivity index is 3.18. The Labute approximate surface area is 47.4 Å². The van der Waals surface area contributed by atoms with Crippen molar-refractivity contribution in [1.82, 2.24) is 0 Å². The van der Waals surface area contributed by atoms with Crippen molar-refractivity contribution in [3.05, 3.63) is 0 Å². The van der Waals surface area contributed by atoms with Crippen molar-refractivity contribution in [3.8, 4) is 0 Å². The predicted octanol–water partition coefficient (Wildman–Crippen LogP) is 0.242. The third-order valence-electron chi connectivity index (χ3n) is 0.378. The number of hydrogen-bond acceptors (Lipinski definition) is 3. The summed E-state index contributed by atoms with van der Waals surface area (Å²) in [7, 11) is -2.60. The number of carbonyl (C=O) groups excluding carboxylic acids is 1. The van der Waals surface area contributed by atoms with Gasteiger partial charge in [-0.2, -0.15) is 0 Å². The van der Waals surface area contributed by atoms with Crippen LogP contribution in [0.1, 0.15) is 6.92 Å². The topological polar surface area (TPSA) is 63.6 Å². The SMILES string of the molecule is CC(=O)CO[P+](=O)O. The minimum atomic E-state index is -2.60. The van der Waals surface area contributed by atoms with Crippen molar-refractivity contribution < 1.29 is 18.8 Å². The second kappa shape index (κ2) is 3.66. The molecule has 0 heterocycles. The molecule has 1 N–H and O–H groups in total. The lowest BCUT2D eigenvalue weighted by atomic mass is 10.5. The molecule has 1 atom stereocenters. The van der Waals surface area contributed by atoms with Crippen LogP contribution in [-0.2, 0) is 13.9 Å². The molecule has 0 aromatic carbocycles. The van der Waals surface area contributed by atoms with Crippen LogP contribution in [0.4, 0.5) is 0 Å². The zero-order chi connectivity index (χ0) is 6.57. The Morgan fingerprint density at radius 2 is 2.38 bits per heavy atom. The molecule has 0 saturated carbocycles. The molecule has 0 rings (SSSR count). The average molecular weight is 137 g/mol. The number of carbonyl (C=O) groups is 1. The molecular weight excluding hydrogens is 131 g/mol. The first-order valence-corrected chi connectivity index (χ1v) is 3.04. The lowest BCUT2D eigenvalue weighted by molar-refractivity contribution is -0.119. The molecule has 46 valence electrons. The Hall–Kier alpha value is -0.310. The summed E-state index contributed by atoms with van der Waals surface area (Å²) in [5.74, 6) is -0.262. The van der Waals surface area contributed by atoms with E-state index < -0.39 is 8.25 Å². The van der Waals surface area contributed by atoms with Gasteiger partial charge in [-0.15, -0.1) is 9.42 Å². The Bertz CT molecular complexity index is 95.9. The highest BCUT2D eigenvalue weighted by atomic mass is 31.1. The largest absolute Gasteiger partial charge is 0.695 e. The van der Waals surface area contributed by atoms with Crippen LogP contribution in [0.25, 0.3) is 0 Å². The van der Waals surface area contributed by atoms with E-state index in [0.29, 0.717) is 0 Å². The zero-order valence-electron chi connectivity index (χ0n) is 4.33. The maximum Gasteiger partial charge on any atom is 0.695 e. The van der Waals surface area contributed by atoms with E-state index in [1.807, 2.05) is 0 Å². The van der Waals surface area contributed by atoms with Crippen LogP contribution in [0.5, 0.6) is 0 Å². The van der Waals surface area contributed by atoms with Crippen molar-refractivity contribution >= 4 is 14.0 Å². The molecule has 5 heteroatoms. The molecule has 0 amide bonds. The third kappa shape index (κ3) is 5.69. The molecule has 0 aliphatic carbocycles. The van der Waals surface area contributed by atoms with Gasteiger partial charge in [-0.25, -0.2) is 0 Å². The smallest absolute Gasteiger partial charge is 0.297 e. The van der Waals surface area contributed by atoms with Crippen molar-refractivity contribution in [3.63, 3.8) is 0 Å². The van der Waals surface area contributed by atoms with Gasteiger partial charge in [0.15, 0.2) is 12.4 Å². The molecule has 0 aliphatic rings. The zero-order valence-corrected chi connectivity index (χ0v) is 5.22. The van der Waals surface area contributed by atoms with E-state index in [1.165, 1.54) is 6.92 Å². The highest BCUT2D eigenvalue weighted by Crippen LogP contribution is 2.12. The summed E-state index contributed by atoms with van der Waals surface area (Å²) in [5, 5.41) is 0. The lowest BCUT2D eigenvalue weighted by Crippen LogP contribution is -1.97. The molecule has 0 aromatic heterocycles. The molecule has 0 spiro atoms. The van der Waals surface area contributed by atoms with Crippen LogP contribution >= 0.6 is 8.25 Å². The van der Waals surface area contributed by atoms with E-state index in [2.05, 4.69) is 4.52 Å². The number of Topliss-reactive ketones (excluding diaryl/α,β-unsaturated/α-hetero) is 1. The van der Waals surface area contributed by atoms with E-state index in [4.69, 9.17) is 4.89 Å². The van der Waals surface area contributed by atoms with Crippen molar-refractivity contribution in [1.29, 1.82) is 0 Å². The first-order valence-electron chi connectivity index (χ1n) is 1.91. The van der Waals surface area contributed by atoms with E-state index in [-0.39, 0.29) is 12.4 Å². The van der Waals surface area contributed by atoms with Gasteiger partial charge in [0.1, 0.15) is 0 Å². The fraction of sp³-hybridized carbons (Fsp3) is 0.667. The molecule has 0 aromatic rings. The van der Waals surface area contributed by atoms with E-state index in [1.54, 1.807) is 0 Å². The van der Waals surface area contributed by atoms with Crippen LogP contribution in [0.3, 0.4) is 0 Å². The minimum absolute atomic E-state index is 0.262. The highest BCUT2D eigenvalue weighted by molar-refractivity contribution is 7.32. The molecule has 0 bridgehead atoms. The van der Waals surface area contributed by atoms with Gasteiger partial charge in [-0.1, -0.05) is 0 Å². The summed E-state index contributed by atoms with van der Waals surface area (Å²) in [6.45, 7) is 0.991. The summed E-state index contributed by atoms with van der Waals surface area (Å²) in [6.07, 6.45) is 0. The predicted molar refractivity (Wildman–Crippen MR) is 26.5 cm³/mol. The van der Waals surface area contributed by atoms with Crippen LogP contribution in [-0.4, -0.2) is 17.3 Å². The summed E-state index contributed by atoms with van der Waals surface area (Å²) < 4.78 is 13.7. The van der Waals surface area contributed by atoms with Crippen molar-refractivity contribution in [2.75, 3.05) is 6.61 Å². The monoisotopic (exact) mass is 137 g/mol. The molecule has 0 fully saturated rings. The Morgan fingerprint density at radius 3 is 2.50 bits per heavy atom. The molecule has 0 saturated heterocycles. The van der Waals surface area contributed by atoms with E-state index in [9.17, 15) is 9.36 Å². The average Bonchev–Trinajstić information content (AvgIpc) is 1.61. The van der Waals surface area contributed by atoms with Gasteiger partial charge >= 0.3 is 8.25 Å². The molecule has 0 radical (unpaired) electrons. The van der Waals surface area contributed by atoms with Crippen molar-refractivity contribution in [2.45, 2.75) is 6.92 Å². The van der Waals surface area contributed by atoms with Crippen LogP contribution < -0.4 is 0 Å². The summed E-state index contributed by atoms with van der Waals surface area (Å²) in [4.78, 5) is 17.9. The minimum Gasteiger partial charge on any atom is -0.297 e. The standard InChI is InChI=1S/C3H5O4P/c1-3(4)2-7-8(5)6/h2H2,1H3/p+1. The van der Waals surface area contributed by atoms with Gasteiger partial charge in [0, 0.05) is 4.57 Å². The first kappa shape index (κ1) is 7.69. The van der Waals surface area contributed by atoms with Gasteiger partial charge in [0.05, 0.1) is 0 Å². The Kier molecular flexibility index (Phi) is 3.52. The quantitative estimate of drug-likeness (QED) is 0.566. The van der Waals surface area contributed by atoms with E-state index >= 15 is 0 Å². The Morgan fingerprint density at radius 1 is 1.88 bits per heavy atom. The van der Waals surface area contributed by atoms with Crippen LogP contribution in [0.2, 0.25) is 0 Å². The molecule has 4 nitrogen and oxygen atoms in total. The fourth-order valence-electron chi connectivity index (χ4n) is 0.146. The van der Waals surface area contributed by atoms with Gasteiger partial charge in [0.2, 0.25) is 0 Å². The second-order valence-corrected chi connectivity index (χ2v) is 1.95. The second-order valence-electron chi connectivity index (χ2n) is 1.21. The summed E-state index contributed by atoms with van der Waals surface area (Å²) in [5.41, 5.74) is 0. The fourth-order valence-corrected chi connectivity index (χ4v) is 0.438. The maximum absolute atomic E-state index is 9.98. The first-order chi connectivity index (χ1) is 3.63. The van der Waals surface area contributed by atoms with E-state index in [0.717, 1.165) is 0 Å². The molecular formula is C3H6O4P+. The summed E-state index contributed by atoms with van der Waals surface area (Å²) >= 11 is 0. The summed E-state index contributed by atoms with van der Waals surface area (Å²) in [6, 6.07) is 0. The van der Waals surface area contributed by atoms with Gasteiger partial charge in [-0.05, 0) is 6.92 Å². The third-order valence-corrected chi connectivity index (χ3v) is 0.728. The molecule has 8 heavy (non-hydrogen) atoms. The van der Waals surface area contributed by atoms with Crippen molar-refractivity contribution in [2.24, 2.45) is 0 Å². The lowest BCUT2D eigenvalue weighted by Gasteiger charge is -1.77. The van der Waals surface area contributed by atoms with Crippen LogP contribution in [0, 0.1) is 0 Å². The number of ketones is 1. The van der Waals surface area contributed by atoms with Crippen LogP contribution in [0.15, 0.2) is 0 Å². The van der Waals surface area contributed by atoms with Gasteiger partial charge in [0.25, 0.3) is 0 Å². The normalized spacial score (nSPS) is 11.0. The number of rotatable bonds is 3. The number of hydrogen-bond donors (Lipinski definition) is 1. The van der Waals surface area contributed by atoms with Gasteiger partial charge in [-0.3, -0.25) is 4.79 Å². The maximum atomic E-state index is 9.98.